The standard InChI is InChI=1S/C19H22Cl2N2O3S/c1-2-23(27(25,26)18-11-15(20)10-17(21)19(18)24)16-8-9-22(13-16)12-14-6-4-3-5-7-14/h3-7,10-11,16,24H,2,8-9,12-13H2,1H3. The summed E-state index contributed by atoms with van der Waals surface area (Å²) in [6.45, 7) is 4.32. The Morgan fingerprint density at radius 3 is 2.59 bits per heavy atom. The van der Waals surface area contributed by atoms with Gasteiger partial charge in [0.2, 0.25) is 10.0 Å². The van der Waals surface area contributed by atoms with Crippen LogP contribution in [0.25, 0.3) is 0 Å². The number of hydrogen-bond donors (Lipinski definition) is 1. The maximum Gasteiger partial charge on any atom is 0.247 e. The fraction of sp³-hybridized carbons (Fsp3) is 0.368. The van der Waals surface area contributed by atoms with Gasteiger partial charge in [-0.1, -0.05) is 60.5 Å². The van der Waals surface area contributed by atoms with Gasteiger partial charge in [-0.2, -0.15) is 4.31 Å². The van der Waals surface area contributed by atoms with E-state index < -0.39 is 15.8 Å². The average molecular weight is 429 g/mol. The third-order valence-electron chi connectivity index (χ3n) is 4.80. The molecule has 0 spiro atoms. The van der Waals surface area contributed by atoms with Crippen LogP contribution in [0.3, 0.4) is 0 Å². The summed E-state index contributed by atoms with van der Waals surface area (Å²) in [4.78, 5) is 1.99. The molecule has 1 fully saturated rings. The summed E-state index contributed by atoms with van der Waals surface area (Å²) in [7, 11) is -3.92. The van der Waals surface area contributed by atoms with Crippen LogP contribution in [-0.2, 0) is 16.6 Å². The van der Waals surface area contributed by atoms with Crippen molar-refractivity contribution in [1.82, 2.24) is 9.21 Å². The normalized spacial score (nSPS) is 18.3. The second-order valence-electron chi connectivity index (χ2n) is 6.61. The Morgan fingerprint density at radius 2 is 1.93 bits per heavy atom. The molecule has 5 nitrogen and oxygen atoms in total. The van der Waals surface area contributed by atoms with E-state index in [4.69, 9.17) is 23.2 Å². The van der Waals surface area contributed by atoms with E-state index in [0.717, 1.165) is 19.5 Å². The van der Waals surface area contributed by atoms with E-state index in [1.807, 2.05) is 18.2 Å². The highest BCUT2D eigenvalue weighted by atomic mass is 35.5. The molecule has 0 aliphatic carbocycles. The van der Waals surface area contributed by atoms with Crippen LogP contribution in [0.1, 0.15) is 18.9 Å². The van der Waals surface area contributed by atoms with Crippen molar-refractivity contribution in [2.75, 3.05) is 19.6 Å². The van der Waals surface area contributed by atoms with Gasteiger partial charge >= 0.3 is 0 Å². The lowest BCUT2D eigenvalue weighted by Crippen LogP contribution is -2.41. The smallest absolute Gasteiger partial charge is 0.247 e. The highest BCUT2D eigenvalue weighted by molar-refractivity contribution is 7.89. The minimum atomic E-state index is -3.92. The van der Waals surface area contributed by atoms with E-state index in [9.17, 15) is 13.5 Å². The van der Waals surface area contributed by atoms with E-state index in [-0.39, 0.29) is 21.0 Å². The zero-order valence-electron chi connectivity index (χ0n) is 15.0. The Labute approximate surface area is 170 Å². The number of likely N-dealkylation sites (N-methyl/N-ethyl adjacent to an activating group) is 1. The van der Waals surface area contributed by atoms with E-state index in [1.54, 1.807) is 6.92 Å². The largest absolute Gasteiger partial charge is 0.505 e. The van der Waals surface area contributed by atoms with Gasteiger partial charge in [0.15, 0.2) is 5.75 Å². The van der Waals surface area contributed by atoms with Crippen molar-refractivity contribution in [2.45, 2.75) is 30.8 Å². The van der Waals surface area contributed by atoms with Crippen LogP contribution < -0.4 is 0 Å². The van der Waals surface area contributed by atoms with Gasteiger partial charge in [0.25, 0.3) is 0 Å². The maximum absolute atomic E-state index is 13.2. The molecule has 1 aliphatic heterocycles. The molecule has 1 aliphatic rings. The molecule has 0 amide bonds. The molecule has 1 N–H and O–H groups in total. The molecule has 0 radical (unpaired) electrons. The fourth-order valence-corrected chi connectivity index (χ4v) is 5.92. The lowest BCUT2D eigenvalue weighted by molar-refractivity contribution is 0.285. The predicted molar refractivity (Wildman–Crippen MR) is 108 cm³/mol. The summed E-state index contributed by atoms with van der Waals surface area (Å²) >= 11 is 11.9. The number of likely N-dealkylation sites (tertiary alicyclic amines) is 1. The summed E-state index contributed by atoms with van der Waals surface area (Å²) in [5.41, 5.74) is 1.20. The topological polar surface area (TPSA) is 60.9 Å². The zero-order valence-corrected chi connectivity index (χ0v) is 17.3. The lowest BCUT2D eigenvalue weighted by Gasteiger charge is -2.27. The lowest BCUT2D eigenvalue weighted by atomic mass is 10.2. The van der Waals surface area contributed by atoms with Crippen molar-refractivity contribution >= 4 is 33.2 Å². The minimum absolute atomic E-state index is 0.0748. The van der Waals surface area contributed by atoms with Gasteiger partial charge in [0.05, 0.1) is 5.02 Å². The summed E-state index contributed by atoms with van der Waals surface area (Å²) in [6, 6.07) is 12.5. The van der Waals surface area contributed by atoms with E-state index in [0.29, 0.717) is 13.1 Å². The van der Waals surface area contributed by atoms with Crippen LogP contribution in [-0.4, -0.2) is 48.4 Å². The zero-order chi connectivity index (χ0) is 19.6. The van der Waals surface area contributed by atoms with Crippen molar-refractivity contribution < 1.29 is 13.5 Å². The molecule has 1 heterocycles. The SMILES string of the molecule is CCN(C1CCN(Cc2ccccc2)C1)S(=O)(=O)c1cc(Cl)cc(Cl)c1O. The molecule has 2 aromatic carbocycles. The number of rotatable bonds is 6. The molecule has 1 saturated heterocycles. The second kappa shape index (κ2) is 8.37. The Balaban J connectivity index is 1.81. The van der Waals surface area contributed by atoms with Crippen molar-refractivity contribution in [3.8, 4) is 5.75 Å². The molecule has 8 heteroatoms. The Hall–Kier alpha value is -1.31. The number of phenols is 1. The van der Waals surface area contributed by atoms with Crippen molar-refractivity contribution in [3.05, 3.63) is 58.1 Å². The highest BCUT2D eigenvalue weighted by Gasteiger charge is 2.36. The Morgan fingerprint density at radius 1 is 1.22 bits per heavy atom. The van der Waals surface area contributed by atoms with Gasteiger partial charge in [-0.05, 0) is 24.1 Å². The van der Waals surface area contributed by atoms with E-state index >= 15 is 0 Å². The molecule has 0 bridgehead atoms. The molecule has 27 heavy (non-hydrogen) atoms. The number of phenolic OH excluding ortho intramolecular Hbond substituents is 1. The van der Waals surface area contributed by atoms with Crippen LogP contribution in [0, 0.1) is 0 Å². The number of sulfonamides is 1. The molecule has 0 saturated carbocycles. The summed E-state index contributed by atoms with van der Waals surface area (Å²) < 4.78 is 27.8. The molecular formula is C19H22Cl2N2O3S. The highest BCUT2D eigenvalue weighted by Crippen LogP contribution is 2.37. The average Bonchev–Trinajstić information content (AvgIpc) is 3.07. The van der Waals surface area contributed by atoms with Gasteiger partial charge in [-0.15, -0.1) is 0 Å². The molecule has 3 rings (SSSR count). The number of nitrogens with zero attached hydrogens (tertiary/aromatic N) is 2. The first-order chi connectivity index (χ1) is 12.8. The first-order valence-corrected chi connectivity index (χ1v) is 11.0. The maximum atomic E-state index is 13.2. The van der Waals surface area contributed by atoms with Crippen LogP contribution in [0.5, 0.6) is 5.75 Å². The van der Waals surface area contributed by atoms with Crippen molar-refractivity contribution in [1.29, 1.82) is 0 Å². The van der Waals surface area contributed by atoms with E-state index in [2.05, 4.69) is 17.0 Å². The second-order valence-corrected chi connectivity index (χ2v) is 9.31. The number of hydrogen-bond acceptors (Lipinski definition) is 4. The first kappa shape index (κ1) is 20.4. The van der Waals surface area contributed by atoms with Crippen LogP contribution in [0.15, 0.2) is 47.4 Å². The fourth-order valence-electron chi connectivity index (χ4n) is 3.52. The molecule has 1 atom stereocenters. The van der Waals surface area contributed by atoms with E-state index in [1.165, 1.54) is 22.0 Å². The summed E-state index contributed by atoms with van der Waals surface area (Å²) in [5.74, 6) is -0.460. The Kier molecular flexibility index (Phi) is 6.33. The van der Waals surface area contributed by atoms with Crippen LogP contribution in [0.2, 0.25) is 10.0 Å². The molecule has 146 valence electrons. The molecule has 2 aromatic rings. The first-order valence-electron chi connectivity index (χ1n) is 8.79. The van der Waals surface area contributed by atoms with Crippen molar-refractivity contribution in [2.24, 2.45) is 0 Å². The number of aromatic hydroxyl groups is 1. The molecule has 1 unspecified atom stereocenters. The third-order valence-corrected chi connectivity index (χ3v) is 7.34. The van der Waals surface area contributed by atoms with Gasteiger partial charge in [-0.3, -0.25) is 4.90 Å². The van der Waals surface area contributed by atoms with Crippen LogP contribution in [0.4, 0.5) is 0 Å². The summed E-state index contributed by atoms with van der Waals surface area (Å²) in [5, 5.41) is 10.3. The van der Waals surface area contributed by atoms with Gasteiger partial charge in [0.1, 0.15) is 4.90 Å². The third kappa shape index (κ3) is 4.41. The monoisotopic (exact) mass is 428 g/mol. The molecular weight excluding hydrogens is 407 g/mol. The number of benzene rings is 2. The predicted octanol–water partition coefficient (Wildman–Crippen LogP) is 3.98. The van der Waals surface area contributed by atoms with Crippen molar-refractivity contribution in [3.63, 3.8) is 0 Å². The summed E-state index contributed by atoms with van der Waals surface area (Å²) in [6.07, 6.45) is 0.731. The molecule has 0 aromatic heterocycles. The Bertz CT molecular complexity index is 907. The van der Waals surface area contributed by atoms with Crippen LogP contribution >= 0.6 is 23.2 Å². The number of halogens is 2. The van der Waals surface area contributed by atoms with Gasteiger partial charge < -0.3 is 5.11 Å². The minimum Gasteiger partial charge on any atom is -0.505 e. The van der Waals surface area contributed by atoms with Gasteiger partial charge in [-0.25, -0.2) is 8.42 Å². The quantitative estimate of drug-likeness (QED) is 0.755. The van der Waals surface area contributed by atoms with Gasteiger partial charge in [0, 0.05) is 37.2 Å².